The fourth-order valence-corrected chi connectivity index (χ4v) is 2.48. The van der Waals surface area contributed by atoms with Crippen molar-refractivity contribution in [2.75, 3.05) is 7.11 Å². The number of alkyl halides is 3. The molecule has 1 atom stereocenters. The molecule has 0 saturated carbocycles. The van der Waals surface area contributed by atoms with Crippen molar-refractivity contribution in [3.8, 4) is 11.8 Å². The monoisotopic (exact) mass is 416 g/mol. The Morgan fingerprint density at radius 3 is 2.46 bits per heavy atom. The second-order valence-corrected chi connectivity index (χ2v) is 7.63. The predicted molar refractivity (Wildman–Crippen MR) is 102 cm³/mol. The van der Waals surface area contributed by atoms with E-state index in [1.807, 2.05) is 12.3 Å². The lowest BCUT2D eigenvalue weighted by atomic mass is 10.0. The van der Waals surface area contributed by atoms with Crippen LogP contribution in [0.5, 0.6) is 0 Å². The highest BCUT2D eigenvalue weighted by Gasteiger charge is 2.40. The van der Waals surface area contributed by atoms with E-state index in [9.17, 15) is 18.0 Å². The molecule has 0 fully saturated rings. The summed E-state index contributed by atoms with van der Waals surface area (Å²) in [5.74, 6) is 4.09. The number of esters is 1. The van der Waals surface area contributed by atoms with E-state index in [4.69, 9.17) is 0 Å². The van der Waals surface area contributed by atoms with Crippen molar-refractivity contribution in [2.24, 2.45) is 0 Å². The van der Waals surface area contributed by atoms with Gasteiger partial charge in [0.1, 0.15) is 11.9 Å². The molecule has 1 unspecified atom stereocenters. The molecular weight excluding hydrogens is 391 g/mol. The van der Waals surface area contributed by atoms with Gasteiger partial charge < -0.3 is 10.1 Å². The minimum Gasteiger partial charge on any atom is -0.462 e. The summed E-state index contributed by atoms with van der Waals surface area (Å²) < 4.78 is 36.3. The van der Waals surface area contributed by atoms with Gasteiger partial charge in [0.15, 0.2) is 6.17 Å². The van der Waals surface area contributed by atoms with Gasteiger partial charge in [0.25, 0.3) is 0 Å². The Morgan fingerprint density at radius 2 is 2.07 bits per heavy atom. The van der Waals surface area contributed by atoms with E-state index in [1.165, 1.54) is 0 Å². The van der Waals surface area contributed by atoms with E-state index >= 15 is 0 Å². The van der Waals surface area contributed by atoms with Crippen LogP contribution in [0, 0.1) is 18.8 Å². The molecule has 1 aromatic rings. The highest BCUT2D eigenvalue weighted by Crippen LogP contribution is 2.15. The van der Waals surface area contributed by atoms with Gasteiger partial charge in [-0.15, -0.1) is 11.3 Å². The maximum atomic E-state index is 11.0. The predicted octanol–water partition coefficient (Wildman–Crippen LogP) is 2.65. The fourth-order valence-electron chi connectivity index (χ4n) is 1.94. The Labute approximate surface area is 167 Å². The van der Waals surface area contributed by atoms with Gasteiger partial charge in [-0.3, -0.25) is 5.32 Å². The number of nitrogens with zero attached hydrogens (tertiary/aromatic N) is 1. The molecule has 0 bridgehead atoms. The molecule has 0 radical (unpaired) electrons. The zero-order chi connectivity index (χ0) is 21.4. The van der Waals surface area contributed by atoms with Crippen LogP contribution in [0.4, 0.5) is 13.2 Å². The Hall–Kier alpha value is -2.15. The van der Waals surface area contributed by atoms with Crippen LogP contribution in [-0.4, -0.2) is 35.9 Å². The summed E-state index contributed by atoms with van der Waals surface area (Å²) in [7, 11) is 0.676. The zero-order valence-electron chi connectivity index (χ0n) is 16.5. The van der Waals surface area contributed by atoms with Crippen LogP contribution in [-0.2, 0) is 9.53 Å². The zero-order valence-corrected chi connectivity index (χ0v) is 17.3. The van der Waals surface area contributed by atoms with Crippen molar-refractivity contribution >= 4 is 17.3 Å². The largest absolute Gasteiger partial charge is 0.490 e. The molecule has 1 aromatic heterocycles. The maximum Gasteiger partial charge on any atom is 0.490 e. The molecule has 2 heterocycles. The van der Waals surface area contributed by atoms with Crippen molar-refractivity contribution < 1.29 is 28.0 Å². The van der Waals surface area contributed by atoms with Gasteiger partial charge in [-0.2, -0.15) is 13.2 Å². The van der Waals surface area contributed by atoms with E-state index in [-0.39, 0.29) is 11.7 Å². The number of allylic oxidation sites excluding steroid dienone is 2. The minimum absolute atomic E-state index is 0.153. The quantitative estimate of drug-likeness (QED) is 0.587. The van der Waals surface area contributed by atoms with Gasteiger partial charge in [0, 0.05) is 10.9 Å². The summed E-state index contributed by atoms with van der Waals surface area (Å²) in [6, 6.07) is 0. The van der Waals surface area contributed by atoms with Gasteiger partial charge in [0.05, 0.1) is 17.7 Å². The average molecular weight is 416 g/mol. The van der Waals surface area contributed by atoms with Crippen LogP contribution in [0.3, 0.4) is 0 Å². The molecule has 1 aliphatic rings. The number of nitrogens with two attached hydrogens (primary N) is 1. The number of rotatable bonds is 3. The number of quaternary nitrogens is 1. The van der Waals surface area contributed by atoms with Gasteiger partial charge in [-0.1, -0.05) is 12.8 Å². The van der Waals surface area contributed by atoms with Crippen molar-refractivity contribution in [2.45, 2.75) is 52.0 Å². The Kier molecular flexibility index (Phi) is 8.88. The van der Waals surface area contributed by atoms with E-state index in [0.717, 1.165) is 22.7 Å². The Bertz CT molecular complexity index is 786. The van der Waals surface area contributed by atoms with E-state index in [0.29, 0.717) is 7.11 Å². The van der Waals surface area contributed by atoms with Crippen molar-refractivity contribution in [3.63, 3.8) is 0 Å². The SMILES string of the molecule is CCC(C)(C)NC1C=CC(C#Cc2csc(C)n2)=C[NH2+]1.COC(=O)C(F)(F)F. The summed E-state index contributed by atoms with van der Waals surface area (Å²) in [5, 5.41) is 8.81. The van der Waals surface area contributed by atoms with Gasteiger partial charge in [0.2, 0.25) is 0 Å². The summed E-state index contributed by atoms with van der Waals surface area (Å²) in [6.07, 6.45) is 2.86. The van der Waals surface area contributed by atoms with Crippen LogP contribution in [0.25, 0.3) is 0 Å². The van der Waals surface area contributed by atoms with Gasteiger partial charge in [-0.05, 0) is 45.3 Å². The smallest absolute Gasteiger partial charge is 0.462 e. The third-order valence-electron chi connectivity index (χ3n) is 3.78. The summed E-state index contributed by atoms with van der Waals surface area (Å²) in [6.45, 7) is 8.63. The number of ether oxygens (including phenoxy) is 1. The molecule has 0 amide bonds. The number of aryl methyl sites for hydroxylation is 1. The van der Waals surface area contributed by atoms with Crippen LogP contribution in [0.15, 0.2) is 29.3 Å². The minimum atomic E-state index is -4.85. The normalized spacial score (nSPS) is 16.3. The molecule has 9 heteroatoms. The molecule has 0 spiro atoms. The number of nitrogens with one attached hydrogen (secondary N) is 1. The second kappa shape index (κ2) is 10.4. The highest BCUT2D eigenvalue weighted by atomic mass is 32.1. The molecule has 28 heavy (non-hydrogen) atoms. The number of methoxy groups -OCH3 is 1. The number of carbonyl (C=O) groups excluding carboxylic acids is 1. The molecule has 5 nitrogen and oxygen atoms in total. The first-order valence-electron chi connectivity index (χ1n) is 8.57. The lowest BCUT2D eigenvalue weighted by molar-refractivity contribution is -0.624. The first-order chi connectivity index (χ1) is 13.0. The van der Waals surface area contributed by atoms with E-state index < -0.39 is 12.1 Å². The summed E-state index contributed by atoms with van der Waals surface area (Å²) >= 11 is 1.63. The molecular formula is C19H25F3N3O2S+. The average Bonchev–Trinajstić information content (AvgIpc) is 3.05. The molecule has 0 aromatic carbocycles. The molecule has 3 N–H and O–H groups in total. The molecule has 1 aliphatic heterocycles. The van der Waals surface area contributed by atoms with Crippen molar-refractivity contribution in [1.82, 2.24) is 10.3 Å². The lowest BCUT2D eigenvalue weighted by Crippen LogP contribution is -2.90. The third-order valence-corrected chi connectivity index (χ3v) is 4.55. The first-order valence-corrected chi connectivity index (χ1v) is 9.45. The highest BCUT2D eigenvalue weighted by molar-refractivity contribution is 7.09. The molecule has 0 aliphatic carbocycles. The standard InChI is InChI=1S/C16H21N3S.C3H3F3O2/c1-5-16(3,4)19-15-9-7-13(10-17-15)6-8-14-11-20-12(2)18-14;1-8-2(7)3(4,5)6/h7,9-11,15,17,19H,5H2,1-4H3;1H3/p+1. The molecule has 2 rings (SSSR count). The van der Waals surface area contributed by atoms with Crippen LogP contribution in [0.1, 0.15) is 37.9 Å². The van der Waals surface area contributed by atoms with Gasteiger partial charge >= 0.3 is 12.1 Å². The number of hydrogen-bond acceptors (Lipinski definition) is 5. The molecule has 154 valence electrons. The third kappa shape index (κ3) is 8.69. The van der Waals surface area contributed by atoms with Crippen LogP contribution in [0.2, 0.25) is 0 Å². The summed E-state index contributed by atoms with van der Waals surface area (Å²) in [5.41, 5.74) is 2.04. The Morgan fingerprint density at radius 1 is 1.39 bits per heavy atom. The van der Waals surface area contributed by atoms with Crippen LogP contribution < -0.4 is 10.6 Å². The van der Waals surface area contributed by atoms with Crippen molar-refractivity contribution in [1.29, 1.82) is 0 Å². The number of halogens is 3. The molecule has 0 saturated heterocycles. The van der Waals surface area contributed by atoms with E-state index in [1.54, 1.807) is 11.3 Å². The number of hydrogen-bond donors (Lipinski definition) is 2. The summed E-state index contributed by atoms with van der Waals surface area (Å²) in [4.78, 5) is 13.8. The number of carbonyl (C=O) groups is 1. The van der Waals surface area contributed by atoms with Crippen molar-refractivity contribution in [3.05, 3.63) is 40.0 Å². The van der Waals surface area contributed by atoms with Crippen LogP contribution >= 0.6 is 11.3 Å². The maximum absolute atomic E-state index is 11.0. The second-order valence-electron chi connectivity index (χ2n) is 6.57. The number of thiazole rings is 1. The number of aromatic nitrogens is 1. The van der Waals surface area contributed by atoms with E-state index in [2.05, 4.69) is 71.3 Å². The first kappa shape index (κ1) is 23.9. The Balaban J connectivity index is 0.000000416. The lowest BCUT2D eigenvalue weighted by Gasteiger charge is -2.28. The van der Waals surface area contributed by atoms with Gasteiger partial charge in [-0.25, -0.2) is 9.78 Å². The topological polar surface area (TPSA) is 67.8 Å². The fraction of sp³-hybridized carbons (Fsp3) is 0.474.